The Morgan fingerprint density at radius 3 is 2.87 bits per heavy atom. The second-order valence-corrected chi connectivity index (χ2v) is 3.37. The predicted octanol–water partition coefficient (Wildman–Crippen LogP) is 1.27. The molecule has 0 spiro atoms. The van der Waals surface area contributed by atoms with Gasteiger partial charge < -0.3 is 10.6 Å². The minimum atomic E-state index is -0.00277. The van der Waals surface area contributed by atoms with Crippen molar-refractivity contribution >= 4 is 11.7 Å². The molecule has 15 heavy (non-hydrogen) atoms. The smallest absolute Gasteiger partial charge is 0.229 e. The van der Waals surface area contributed by atoms with Crippen LogP contribution in [-0.4, -0.2) is 24.5 Å². The molecule has 0 saturated heterocycles. The monoisotopic (exact) mass is 207 g/mol. The molecule has 1 amide bonds. The molecule has 4 nitrogen and oxygen atoms in total. The molecule has 1 unspecified atom stereocenters. The first-order chi connectivity index (χ1) is 7.27. The lowest BCUT2D eigenvalue weighted by atomic mass is 10.1. The molecule has 0 aromatic carbocycles. The van der Waals surface area contributed by atoms with Gasteiger partial charge in [0.05, 0.1) is 5.92 Å². The Morgan fingerprint density at radius 1 is 1.53 bits per heavy atom. The first-order valence-electron chi connectivity index (χ1n) is 5.14. The van der Waals surface area contributed by atoms with Gasteiger partial charge in [-0.15, -0.1) is 0 Å². The Labute approximate surface area is 90.1 Å². The lowest BCUT2D eigenvalue weighted by molar-refractivity contribution is -0.119. The van der Waals surface area contributed by atoms with Crippen LogP contribution in [0.4, 0.5) is 5.82 Å². The maximum Gasteiger partial charge on any atom is 0.229 e. The van der Waals surface area contributed by atoms with E-state index in [1.54, 1.807) is 12.3 Å². The molecule has 82 valence electrons. The lowest BCUT2D eigenvalue weighted by Gasteiger charge is -2.13. The number of hydrogen-bond acceptors (Lipinski definition) is 3. The fraction of sp³-hybridized carbons (Fsp3) is 0.455. The van der Waals surface area contributed by atoms with E-state index in [9.17, 15) is 4.79 Å². The van der Waals surface area contributed by atoms with Crippen LogP contribution < -0.4 is 10.6 Å². The molecule has 0 aliphatic carbocycles. The predicted molar refractivity (Wildman–Crippen MR) is 60.6 cm³/mol. The zero-order valence-electron chi connectivity index (χ0n) is 9.16. The van der Waals surface area contributed by atoms with E-state index in [1.165, 1.54) is 0 Å². The SMILES string of the molecule is CCC(CNC)C(=O)Nc1ccccn1. The van der Waals surface area contributed by atoms with E-state index in [-0.39, 0.29) is 11.8 Å². The third-order valence-corrected chi connectivity index (χ3v) is 2.23. The van der Waals surface area contributed by atoms with E-state index in [0.29, 0.717) is 12.4 Å². The first-order valence-corrected chi connectivity index (χ1v) is 5.14. The van der Waals surface area contributed by atoms with Gasteiger partial charge in [0.25, 0.3) is 0 Å². The average molecular weight is 207 g/mol. The van der Waals surface area contributed by atoms with Gasteiger partial charge in [-0.05, 0) is 25.6 Å². The van der Waals surface area contributed by atoms with E-state index < -0.39 is 0 Å². The van der Waals surface area contributed by atoms with Gasteiger partial charge in [0.2, 0.25) is 5.91 Å². The Bertz CT molecular complexity index is 300. The number of rotatable bonds is 5. The summed E-state index contributed by atoms with van der Waals surface area (Å²) in [6.45, 7) is 2.69. The molecule has 1 aromatic rings. The topological polar surface area (TPSA) is 54.0 Å². The van der Waals surface area contributed by atoms with Gasteiger partial charge in [-0.3, -0.25) is 4.79 Å². The number of amides is 1. The lowest BCUT2D eigenvalue weighted by Crippen LogP contribution is -2.30. The van der Waals surface area contributed by atoms with E-state index in [2.05, 4.69) is 15.6 Å². The van der Waals surface area contributed by atoms with Crippen LogP contribution in [0, 0.1) is 5.92 Å². The summed E-state index contributed by atoms with van der Waals surface area (Å²) in [6.07, 6.45) is 2.48. The van der Waals surface area contributed by atoms with E-state index >= 15 is 0 Å². The molecule has 0 aliphatic heterocycles. The van der Waals surface area contributed by atoms with Gasteiger partial charge in [0.1, 0.15) is 5.82 Å². The summed E-state index contributed by atoms with van der Waals surface area (Å²) in [6, 6.07) is 5.45. The standard InChI is InChI=1S/C11H17N3O/c1-3-9(8-12-2)11(15)14-10-6-4-5-7-13-10/h4-7,9,12H,3,8H2,1-2H3,(H,13,14,15). The number of aromatic nitrogens is 1. The molecular weight excluding hydrogens is 190 g/mol. The minimum absolute atomic E-state index is 0.00277. The van der Waals surface area contributed by atoms with Gasteiger partial charge in [-0.25, -0.2) is 4.98 Å². The molecule has 4 heteroatoms. The molecule has 0 aliphatic rings. The molecule has 1 atom stereocenters. The second-order valence-electron chi connectivity index (χ2n) is 3.37. The highest BCUT2D eigenvalue weighted by molar-refractivity contribution is 5.91. The molecule has 0 bridgehead atoms. The van der Waals surface area contributed by atoms with Crippen molar-refractivity contribution in [1.29, 1.82) is 0 Å². The van der Waals surface area contributed by atoms with Crippen LogP contribution in [0.25, 0.3) is 0 Å². The molecule has 2 N–H and O–H groups in total. The fourth-order valence-electron chi connectivity index (χ4n) is 1.33. The van der Waals surface area contributed by atoms with Crippen LogP contribution in [0.5, 0.6) is 0 Å². The van der Waals surface area contributed by atoms with E-state index in [1.807, 2.05) is 26.1 Å². The molecule has 1 rings (SSSR count). The number of anilines is 1. The van der Waals surface area contributed by atoms with E-state index in [0.717, 1.165) is 6.42 Å². The summed E-state index contributed by atoms with van der Waals surface area (Å²) in [5, 5.41) is 5.79. The first kappa shape index (κ1) is 11.7. The van der Waals surface area contributed by atoms with Crippen LogP contribution >= 0.6 is 0 Å². The van der Waals surface area contributed by atoms with Gasteiger partial charge in [0, 0.05) is 12.7 Å². The van der Waals surface area contributed by atoms with Crippen LogP contribution in [0.2, 0.25) is 0 Å². The van der Waals surface area contributed by atoms with Crippen molar-refractivity contribution in [2.24, 2.45) is 5.92 Å². The van der Waals surface area contributed by atoms with Crippen molar-refractivity contribution in [3.8, 4) is 0 Å². The molecule has 1 aromatic heterocycles. The third kappa shape index (κ3) is 3.67. The number of carbonyl (C=O) groups is 1. The summed E-state index contributed by atoms with van der Waals surface area (Å²) in [5.74, 6) is 0.625. The Hall–Kier alpha value is -1.42. The molecule has 1 heterocycles. The third-order valence-electron chi connectivity index (χ3n) is 2.23. The fourth-order valence-corrected chi connectivity index (χ4v) is 1.33. The van der Waals surface area contributed by atoms with Crippen LogP contribution in [0.15, 0.2) is 24.4 Å². The highest BCUT2D eigenvalue weighted by Crippen LogP contribution is 2.06. The Balaban J connectivity index is 2.54. The van der Waals surface area contributed by atoms with E-state index in [4.69, 9.17) is 0 Å². The number of nitrogens with zero attached hydrogens (tertiary/aromatic N) is 1. The number of pyridine rings is 1. The van der Waals surface area contributed by atoms with Gasteiger partial charge in [-0.1, -0.05) is 13.0 Å². The normalized spacial score (nSPS) is 12.1. The highest BCUT2D eigenvalue weighted by atomic mass is 16.1. The van der Waals surface area contributed by atoms with Crippen molar-refractivity contribution in [2.75, 3.05) is 18.9 Å². The summed E-state index contributed by atoms with van der Waals surface area (Å²) >= 11 is 0. The van der Waals surface area contributed by atoms with Gasteiger partial charge in [0.15, 0.2) is 0 Å². The summed E-state index contributed by atoms with van der Waals surface area (Å²) in [7, 11) is 1.84. The second kappa shape index (κ2) is 6.14. The number of nitrogens with one attached hydrogen (secondary N) is 2. The van der Waals surface area contributed by atoms with Gasteiger partial charge >= 0.3 is 0 Å². The zero-order valence-corrected chi connectivity index (χ0v) is 9.16. The van der Waals surface area contributed by atoms with Crippen molar-refractivity contribution in [2.45, 2.75) is 13.3 Å². The van der Waals surface area contributed by atoms with Crippen LogP contribution in [0.1, 0.15) is 13.3 Å². The van der Waals surface area contributed by atoms with Crippen molar-refractivity contribution < 1.29 is 4.79 Å². The van der Waals surface area contributed by atoms with Crippen LogP contribution in [-0.2, 0) is 4.79 Å². The Morgan fingerprint density at radius 2 is 2.33 bits per heavy atom. The number of hydrogen-bond donors (Lipinski definition) is 2. The maximum atomic E-state index is 11.7. The summed E-state index contributed by atoms with van der Waals surface area (Å²) in [5.41, 5.74) is 0. The summed E-state index contributed by atoms with van der Waals surface area (Å²) in [4.78, 5) is 15.8. The average Bonchev–Trinajstić information content (AvgIpc) is 2.27. The molecular formula is C11H17N3O. The minimum Gasteiger partial charge on any atom is -0.319 e. The highest BCUT2D eigenvalue weighted by Gasteiger charge is 2.15. The molecule has 0 radical (unpaired) electrons. The molecule has 0 fully saturated rings. The van der Waals surface area contributed by atoms with Crippen LogP contribution in [0.3, 0.4) is 0 Å². The van der Waals surface area contributed by atoms with Crippen molar-refractivity contribution in [3.05, 3.63) is 24.4 Å². The maximum absolute atomic E-state index is 11.7. The van der Waals surface area contributed by atoms with Crippen molar-refractivity contribution in [3.63, 3.8) is 0 Å². The molecule has 0 saturated carbocycles. The summed E-state index contributed by atoms with van der Waals surface area (Å²) < 4.78 is 0. The van der Waals surface area contributed by atoms with Gasteiger partial charge in [-0.2, -0.15) is 0 Å². The quantitative estimate of drug-likeness (QED) is 0.764. The largest absolute Gasteiger partial charge is 0.319 e. The zero-order chi connectivity index (χ0) is 11.1. The van der Waals surface area contributed by atoms with Crippen molar-refractivity contribution in [1.82, 2.24) is 10.3 Å². The Kier molecular flexibility index (Phi) is 4.77. The number of carbonyl (C=O) groups excluding carboxylic acids is 1.